The third kappa shape index (κ3) is 3.02. The van der Waals surface area contributed by atoms with Crippen molar-refractivity contribution >= 4 is 0 Å². The van der Waals surface area contributed by atoms with Gasteiger partial charge in [0.1, 0.15) is 0 Å². The van der Waals surface area contributed by atoms with Gasteiger partial charge in [-0.3, -0.25) is 0 Å². The molecule has 0 saturated heterocycles. The van der Waals surface area contributed by atoms with Crippen LogP contribution in [0.1, 0.15) is 67.7 Å². The monoisotopic (exact) mass is 224 g/mol. The van der Waals surface area contributed by atoms with Gasteiger partial charge < -0.3 is 0 Å². The van der Waals surface area contributed by atoms with Crippen molar-refractivity contribution in [2.75, 3.05) is 0 Å². The number of rotatable bonds is 5. The predicted molar refractivity (Wildman–Crippen MR) is 73.5 cm³/mol. The van der Waals surface area contributed by atoms with Crippen LogP contribution in [-0.2, 0) is 0 Å². The van der Waals surface area contributed by atoms with Crippen molar-refractivity contribution in [1.29, 1.82) is 0 Å². The lowest BCUT2D eigenvalue weighted by Gasteiger charge is -2.53. The average Bonchev–Trinajstić information content (AvgIpc) is 2.22. The quantitative estimate of drug-likeness (QED) is 0.588. The van der Waals surface area contributed by atoms with Crippen molar-refractivity contribution in [2.24, 2.45) is 35.0 Å². The van der Waals surface area contributed by atoms with E-state index in [1.165, 1.54) is 19.3 Å². The third-order valence-electron chi connectivity index (χ3n) is 5.22. The first-order valence-electron chi connectivity index (χ1n) is 7.28. The summed E-state index contributed by atoms with van der Waals surface area (Å²) < 4.78 is 0. The van der Waals surface area contributed by atoms with Gasteiger partial charge in [0, 0.05) is 0 Å². The first-order chi connectivity index (χ1) is 7.28. The van der Waals surface area contributed by atoms with Crippen LogP contribution in [0.5, 0.6) is 0 Å². The lowest BCUT2D eigenvalue weighted by molar-refractivity contribution is -0.0385. The highest BCUT2D eigenvalue weighted by atomic mass is 14.5. The van der Waals surface area contributed by atoms with Crippen LogP contribution in [0.25, 0.3) is 0 Å². The molecule has 0 aromatic rings. The molecule has 0 aliphatic heterocycles. The summed E-state index contributed by atoms with van der Waals surface area (Å²) in [6, 6.07) is 0. The molecule has 0 heterocycles. The van der Waals surface area contributed by atoms with Gasteiger partial charge >= 0.3 is 0 Å². The van der Waals surface area contributed by atoms with Gasteiger partial charge in [0.2, 0.25) is 0 Å². The standard InChI is InChI=1S/C16H32/c1-8-16(6,7)10-15-13(5)12(4)14(15)9-11(2)3/h11-15H,8-10H2,1-7H3. The molecule has 0 bridgehead atoms. The Morgan fingerprint density at radius 1 is 1.00 bits per heavy atom. The highest BCUT2D eigenvalue weighted by Crippen LogP contribution is 2.53. The van der Waals surface area contributed by atoms with Gasteiger partial charge in [-0.05, 0) is 47.8 Å². The van der Waals surface area contributed by atoms with Crippen molar-refractivity contribution in [3.63, 3.8) is 0 Å². The minimum Gasteiger partial charge on any atom is -0.0649 e. The molecule has 0 spiro atoms. The molecule has 1 fully saturated rings. The first-order valence-corrected chi connectivity index (χ1v) is 7.28. The highest BCUT2D eigenvalue weighted by molar-refractivity contribution is 4.94. The summed E-state index contributed by atoms with van der Waals surface area (Å²) in [6.45, 7) is 16.9. The highest BCUT2D eigenvalue weighted by Gasteiger charge is 2.46. The summed E-state index contributed by atoms with van der Waals surface area (Å²) in [5.41, 5.74) is 0.550. The van der Waals surface area contributed by atoms with Crippen molar-refractivity contribution in [2.45, 2.75) is 67.7 Å². The summed E-state index contributed by atoms with van der Waals surface area (Å²) in [4.78, 5) is 0. The maximum absolute atomic E-state index is 2.47. The van der Waals surface area contributed by atoms with E-state index < -0.39 is 0 Å². The van der Waals surface area contributed by atoms with E-state index in [1.54, 1.807) is 0 Å². The van der Waals surface area contributed by atoms with E-state index in [9.17, 15) is 0 Å². The lowest BCUT2D eigenvalue weighted by atomic mass is 9.52. The Morgan fingerprint density at radius 3 is 1.94 bits per heavy atom. The fourth-order valence-electron chi connectivity index (χ4n) is 3.47. The van der Waals surface area contributed by atoms with Gasteiger partial charge in [0.15, 0.2) is 0 Å². The molecule has 16 heavy (non-hydrogen) atoms. The Balaban J connectivity index is 2.57. The maximum Gasteiger partial charge on any atom is -0.0350 e. The van der Waals surface area contributed by atoms with Gasteiger partial charge in [-0.15, -0.1) is 0 Å². The Hall–Kier alpha value is 0. The van der Waals surface area contributed by atoms with E-state index in [2.05, 4.69) is 48.5 Å². The zero-order valence-electron chi connectivity index (χ0n) is 12.5. The molecule has 4 unspecified atom stereocenters. The van der Waals surface area contributed by atoms with Crippen molar-refractivity contribution in [3.05, 3.63) is 0 Å². The molecule has 96 valence electrons. The smallest absolute Gasteiger partial charge is 0.0350 e. The molecule has 0 heteroatoms. The molecule has 0 aromatic heterocycles. The van der Waals surface area contributed by atoms with Crippen molar-refractivity contribution in [1.82, 2.24) is 0 Å². The maximum atomic E-state index is 2.47. The van der Waals surface area contributed by atoms with Crippen molar-refractivity contribution in [3.8, 4) is 0 Å². The third-order valence-corrected chi connectivity index (χ3v) is 5.22. The number of hydrogen-bond acceptors (Lipinski definition) is 0. The second-order valence-electron chi connectivity index (χ2n) is 7.40. The molecule has 0 amide bonds. The summed E-state index contributed by atoms with van der Waals surface area (Å²) in [7, 11) is 0. The van der Waals surface area contributed by atoms with E-state index in [1.807, 2.05) is 0 Å². The molecule has 4 atom stereocenters. The van der Waals surface area contributed by atoms with Gasteiger partial charge in [-0.2, -0.15) is 0 Å². The van der Waals surface area contributed by atoms with Crippen LogP contribution in [0.15, 0.2) is 0 Å². The Morgan fingerprint density at radius 2 is 1.50 bits per heavy atom. The molecule has 1 saturated carbocycles. The minimum absolute atomic E-state index is 0.550. The summed E-state index contributed by atoms with van der Waals surface area (Å²) in [5, 5.41) is 0. The van der Waals surface area contributed by atoms with Crippen LogP contribution in [0.2, 0.25) is 0 Å². The number of hydrogen-bond donors (Lipinski definition) is 0. The average molecular weight is 224 g/mol. The Kier molecular flexibility index (Phi) is 4.49. The molecule has 0 N–H and O–H groups in total. The van der Waals surface area contributed by atoms with Gasteiger partial charge in [0.25, 0.3) is 0 Å². The van der Waals surface area contributed by atoms with Crippen LogP contribution in [-0.4, -0.2) is 0 Å². The van der Waals surface area contributed by atoms with E-state index in [4.69, 9.17) is 0 Å². The molecule has 0 aromatic carbocycles. The van der Waals surface area contributed by atoms with E-state index in [0.717, 1.165) is 29.6 Å². The fourth-order valence-corrected chi connectivity index (χ4v) is 3.47. The molecule has 0 radical (unpaired) electrons. The van der Waals surface area contributed by atoms with Crippen LogP contribution in [0.4, 0.5) is 0 Å². The molecular weight excluding hydrogens is 192 g/mol. The zero-order chi connectivity index (χ0) is 12.5. The summed E-state index contributed by atoms with van der Waals surface area (Å²) in [6.07, 6.45) is 4.20. The van der Waals surface area contributed by atoms with Gasteiger partial charge in [-0.1, -0.05) is 54.9 Å². The van der Waals surface area contributed by atoms with Crippen molar-refractivity contribution < 1.29 is 0 Å². The molecule has 1 aliphatic carbocycles. The van der Waals surface area contributed by atoms with E-state index in [0.29, 0.717) is 5.41 Å². The zero-order valence-corrected chi connectivity index (χ0v) is 12.5. The Bertz CT molecular complexity index is 214. The molecular formula is C16H32. The fraction of sp³-hybridized carbons (Fsp3) is 1.00. The van der Waals surface area contributed by atoms with Crippen LogP contribution in [0, 0.1) is 35.0 Å². The van der Waals surface area contributed by atoms with Gasteiger partial charge in [-0.25, -0.2) is 0 Å². The summed E-state index contributed by atoms with van der Waals surface area (Å²) >= 11 is 0. The van der Waals surface area contributed by atoms with Gasteiger partial charge in [0.05, 0.1) is 0 Å². The van der Waals surface area contributed by atoms with E-state index in [-0.39, 0.29) is 0 Å². The predicted octanol–water partition coefficient (Wildman–Crippen LogP) is 5.38. The molecule has 1 aliphatic rings. The second kappa shape index (κ2) is 5.10. The first kappa shape index (κ1) is 14.1. The topological polar surface area (TPSA) is 0 Å². The van der Waals surface area contributed by atoms with Crippen LogP contribution >= 0.6 is 0 Å². The largest absolute Gasteiger partial charge is 0.0649 e. The minimum atomic E-state index is 0.550. The lowest BCUT2D eigenvalue weighted by Crippen LogP contribution is -2.46. The normalized spacial score (nSPS) is 35.2. The van der Waals surface area contributed by atoms with E-state index >= 15 is 0 Å². The summed E-state index contributed by atoms with van der Waals surface area (Å²) in [5.74, 6) is 4.77. The molecule has 1 rings (SSSR count). The van der Waals surface area contributed by atoms with Crippen LogP contribution in [0.3, 0.4) is 0 Å². The molecule has 0 nitrogen and oxygen atoms in total. The van der Waals surface area contributed by atoms with Crippen LogP contribution < -0.4 is 0 Å². The second-order valence-corrected chi connectivity index (χ2v) is 7.40. The Labute approximate surface area is 103 Å². The SMILES string of the molecule is CCC(C)(C)CC1C(C)C(C)C1CC(C)C.